The number of hydrogen-bond acceptors (Lipinski definition) is 6. The van der Waals surface area contributed by atoms with Crippen LogP contribution in [0.3, 0.4) is 0 Å². The second kappa shape index (κ2) is 10.3. The summed E-state index contributed by atoms with van der Waals surface area (Å²) < 4.78 is 11.2. The van der Waals surface area contributed by atoms with E-state index in [0.29, 0.717) is 22.6 Å². The lowest BCUT2D eigenvalue weighted by atomic mass is 10.1. The smallest absolute Gasteiger partial charge is 0.339 e. The van der Waals surface area contributed by atoms with Crippen molar-refractivity contribution in [1.82, 2.24) is 10.3 Å². The maximum absolute atomic E-state index is 12.8. The Kier molecular flexibility index (Phi) is 6.57. The normalized spacial score (nSPS) is 12.6. The van der Waals surface area contributed by atoms with E-state index in [9.17, 15) is 14.4 Å². The van der Waals surface area contributed by atoms with Crippen molar-refractivity contribution in [2.24, 2.45) is 0 Å². The van der Waals surface area contributed by atoms with Crippen molar-refractivity contribution >= 4 is 23.5 Å². The summed E-state index contributed by atoms with van der Waals surface area (Å²) in [6, 6.07) is 23.1. The quantitative estimate of drug-likeness (QED) is 0.353. The van der Waals surface area contributed by atoms with Crippen LogP contribution in [0.4, 0.5) is 5.69 Å². The molecule has 3 aromatic carbocycles. The summed E-state index contributed by atoms with van der Waals surface area (Å²) in [6.45, 7) is -0.521. The summed E-state index contributed by atoms with van der Waals surface area (Å²) in [5.74, 6) is -0.672. The van der Waals surface area contributed by atoms with Gasteiger partial charge in [-0.25, -0.2) is 9.78 Å². The minimum Gasteiger partial charge on any atom is -0.452 e. The lowest BCUT2D eigenvalue weighted by molar-refractivity contribution is -0.119. The number of aromatic nitrogens is 1. The van der Waals surface area contributed by atoms with Crippen molar-refractivity contribution in [2.75, 3.05) is 11.9 Å². The number of amides is 2. The van der Waals surface area contributed by atoms with Crippen molar-refractivity contribution in [3.8, 4) is 22.8 Å². The SMILES string of the molecule is O=C(COC(=O)c1ccccc1-c1ncc(-c2ccccc2)o1)Nc1ccccc1C(=O)NC1CC1. The second-order valence-corrected chi connectivity index (χ2v) is 8.36. The van der Waals surface area contributed by atoms with Gasteiger partial charge in [0.1, 0.15) is 0 Å². The van der Waals surface area contributed by atoms with E-state index in [2.05, 4.69) is 15.6 Å². The van der Waals surface area contributed by atoms with E-state index in [1.807, 2.05) is 30.3 Å². The molecule has 2 N–H and O–H groups in total. The Morgan fingerprint density at radius 1 is 0.889 bits per heavy atom. The Labute approximate surface area is 207 Å². The van der Waals surface area contributed by atoms with E-state index in [-0.39, 0.29) is 23.4 Å². The minimum absolute atomic E-state index is 0.190. The van der Waals surface area contributed by atoms with Gasteiger partial charge in [-0.2, -0.15) is 0 Å². The summed E-state index contributed by atoms with van der Waals surface area (Å²) in [6.07, 6.45) is 3.51. The van der Waals surface area contributed by atoms with Gasteiger partial charge in [-0.05, 0) is 37.1 Å². The standard InChI is InChI=1S/C28H23N3O5/c32-25(31-23-13-7-6-12-22(23)26(33)30-19-14-15-19)17-35-28(34)21-11-5-4-10-20(21)27-29-16-24(36-27)18-8-2-1-3-9-18/h1-13,16,19H,14-15,17H2,(H,30,33)(H,31,32). The molecule has 8 heteroatoms. The molecule has 0 saturated heterocycles. The van der Waals surface area contributed by atoms with Gasteiger partial charge < -0.3 is 19.8 Å². The molecule has 0 unspecified atom stereocenters. The summed E-state index contributed by atoms with van der Waals surface area (Å²) in [7, 11) is 0. The van der Waals surface area contributed by atoms with Gasteiger partial charge >= 0.3 is 5.97 Å². The summed E-state index contributed by atoms with van der Waals surface area (Å²) in [5, 5.41) is 5.55. The Hall–Kier alpha value is -4.72. The fraction of sp³-hybridized carbons (Fsp3) is 0.143. The number of esters is 1. The van der Waals surface area contributed by atoms with Gasteiger partial charge in [0.05, 0.1) is 28.6 Å². The molecule has 5 rings (SSSR count). The van der Waals surface area contributed by atoms with Crippen LogP contribution in [0.15, 0.2) is 89.5 Å². The highest BCUT2D eigenvalue weighted by atomic mass is 16.5. The largest absolute Gasteiger partial charge is 0.452 e. The zero-order valence-corrected chi connectivity index (χ0v) is 19.3. The molecule has 8 nitrogen and oxygen atoms in total. The first kappa shape index (κ1) is 23.0. The third kappa shape index (κ3) is 5.33. The molecular weight excluding hydrogens is 458 g/mol. The number of carbonyl (C=O) groups excluding carboxylic acids is 3. The number of nitrogens with zero attached hydrogens (tertiary/aromatic N) is 1. The van der Waals surface area contributed by atoms with E-state index in [4.69, 9.17) is 9.15 Å². The number of para-hydroxylation sites is 1. The van der Waals surface area contributed by atoms with Crippen LogP contribution in [0, 0.1) is 0 Å². The van der Waals surface area contributed by atoms with Gasteiger partial charge in [0.25, 0.3) is 11.8 Å². The first-order valence-electron chi connectivity index (χ1n) is 11.6. The molecule has 1 aliphatic rings. The first-order valence-corrected chi connectivity index (χ1v) is 11.6. The highest BCUT2D eigenvalue weighted by molar-refractivity contribution is 6.05. The van der Waals surface area contributed by atoms with Crippen molar-refractivity contribution in [3.63, 3.8) is 0 Å². The molecule has 0 aliphatic heterocycles. The van der Waals surface area contributed by atoms with Gasteiger partial charge in [-0.3, -0.25) is 9.59 Å². The number of anilines is 1. The molecule has 1 aromatic heterocycles. The summed E-state index contributed by atoms with van der Waals surface area (Å²) in [4.78, 5) is 42.1. The molecule has 1 heterocycles. The second-order valence-electron chi connectivity index (χ2n) is 8.36. The van der Waals surface area contributed by atoms with Crippen LogP contribution in [-0.4, -0.2) is 35.4 Å². The predicted molar refractivity (Wildman–Crippen MR) is 133 cm³/mol. The van der Waals surface area contributed by atoms with Crippen LogP contribution < -0.4 is 10.6 Å². The molecule has 36 heavy (non-hydrogen) atoms. The number of rotatable bonds is 8. The third-order valence-corrected chi connectivity index (χ3v) is 5.63. The zero-order chi connectivity index (χ0) is 24.9. The molecular formula is C28H23N3O5. The topological polar surface area (TPSA) is 111 Å². The minimum atomic E-state index is -0.694. The molecule has 4 aromatic rings. The van der Waals surface area contributed by atoms with Crippen molar-refractivity contribution < 1.29 is 23.5 Å². The molecule has 2 amide bonds. The Bertz CT molecular complexity index is 1410. The average Bonchev–Trinajstić information content (AvgIpc) is 3.59. The predicted octanol–water partition coefficient (Wildman–Crippen LogP) is 4.70. The van der Waals surface area contributed by atoms with E-state index in [1.165, 1.54) is 0 Å². The first-order chi connectivity index (χ1) is 17.6. The maximum atomic E-state index is 12.8. The lowest BCUT2D eigenvalue weighted by Crippen LogP contribution is -2.28. The van der Waals surface area contributed by atoms with Gasteiger partial charge in [0, 0.05) is 11.6 Å². The number of benzene rings is 3. The number of carbonyl (C=O) groups is 3. The van der Waals surface area contributed by atoms with Gasteiger partial charge in [-0.1, -0.05) is 54.6 Å². The van der Waals surface area contributed by atoms with Gasteiger partial charge in [0.2, 0.25) is 5.89 Å². The van der Waals surface area contributed by atoms with E-state index >= 15 is 0 Å². The number of nitrogens with one attached hydrogen (secondary N) is 2. The molecule has 180 valence electrons. The van der Waals surface area contributed by atoms with Crippen LogP contribution in [0.5, 0.6) is 0 Å². The Morgan fingerprint density at radius 3 is 2.36 bits per heavy atom. The molecule has 0 radical (unpaired) electrons. The van der Waals surface area contributed by atoms with E-state index in [1.54, 1.807) is 54.7 Å². The average molecular weight is 482 g/mol. The highest BCUT2D eigenvalue weighted by Gasteiger charge is 2.25. The fourth-order valence-corrected chi connectivity index (χ4v) is 3.66. The van der Waals surface area contributed by atoms with Crippen LogP contribution >= 0.6 is 0 Å². The maximum Gasteiger partial charge on any atom is 0.339 e. The molecule has 0 spiro atoms. The number of oxazole rings is 1. The van der Waals surface area contributed by atoms with E-state index in [0.717, 1.165) is 18.4 Å². The Balaban J connectivity index is 1.25. The zero-order valence-electron chi connectivity index (χ0n) is 19.3. The van der Waals surface area contributed by atoms with E-state index < -0.39 is 18.5 Å². The number of hydrogen-bond donors (Lipinski definition) is 2. The van der Waals surface area contributed by atoms with Crippen molar-refractivity contribution in [1.29, 1.82) is 0 Å². The number of ether oxygens (including phenoxy) is 1. The van der Waals surface area contributed by atoms with Crippen LogP contribution in [-0.2, 0) is 9.53 Å². The third-order valence-electron chi connectivity index (χ3n) is 5.63. The van der Waals surface area contributed by atoms with Crippen LogP contribution in [0.25, 0.3) is 22.8 Å². The fourth-order valence-electron chi connectivity index (χ4n) is 3.66. The lowest BCUT2D eigenvalue weighted by Gasteiger charge is -2.12. The van der Waals surface area contributed by atoms with Crippen LogP contribution in [0.1, 0.15) is 33.6 Å². The molecule has 1 saturated carbocycles. The van der Waals surface area contributed by atoms with Crippen molar-refractivity contribution in [2.45, 2.75) is 18.9 Å². The van der Waals surface area contributed by atoms with Crippen molar-refractivity contribution in [3.05, 3.63) is 96.2 Å². The molecule has 1 fully saturated rings. The summed E-state index contributed by atoms with van der Waals surface area (Å²) in [5.41, 5.74) is 2.24. The molecule has 0 bridgehead atoms. The highest BCUT2D eigenvalue weighted by Crippen LogP contribution is 2.28. The van der Waals surface area contributed by atoms with Gasteiger partial charge in [-0.15, -0.1) is 0 Å². The summed E-state index contributed by atoms with van der Waals surface area (Å²) >= 11 is 0. The van der Waals surface area contributed by atoms with Crippen LogP contribution in [0.2, 0.25) is 0 Å². The molecule has 0 atom stereocenters. The Morgan fingerprint density at radius 2 is 1.58 bits per heavy atom. The van der Waals surface area contributed by atoms with Gasteiger partial charge in [0.15, 0.2) is 12.4 Å². The molecule has 1 aliphatic carbocycles. The monoisotopic (exact) mass is 481 g/mol.